The van der Waals surface area contributed by atoms with Crippen molar-refractivity contribution in [3.8, 4) is 57.1 Å². The van der Waals surface area contributed by atoms with Crippen LogP contribution in [0.3, 0.4) is 0 Å². The zero-order chi connectivity index (χ0) is 65.3. The predicted molar refractivity (Wildman–Crippen MR) is 412 cm³/mol. The van der Waals surface area contributed by atoms with Crippen LogP contribution in [0.2, 0.25) is 0 Å². The molecule has 12 aromatic carbocycles. The molecule has 466 valence electrons. The van der Waals surface area contributed by atoms with E-state index in [2.05, 4.69) is 376 Å². The van der Waals surface area contributed by atoms with Crippen LogP contribution in [0.5, 0.6) is 0 Å². The SMILES string of the molecule is c1ccc(-n2c3ccccc3c3c4ccccc4n(-c4cc(-c5cc(-n6c7ccccc7c7c8ccccc8n(-c8ccccc8)c76)nc(-n6c7ccccc7c7c8ccccc8n(-c8ccccc8)c76)c5)cc(-n5c6ccccc6c6c7ccccc7n(-c7ccccc7)c65)n4)c32)cc1. The number of fused-ring (bicyclic) bond motifs is 20. The highest BCUT2D eigenvalue weighted by Gasteiger charge is 2.30. The fraction of sp³-hybridized carbons (Fsp3) is 0. The van der Waals surface area contributed by atoms with E-state index < -0.39 is 0 Å². The normalized spacial score (nSPS) is 12.2. The van der Waals surface area contributed by atoms with Crippen LogP contribution in [0.15, 0.2) is 340 Å². The van der Waals surface area contributed by atoms with E-state index in [-0.39, 0.29) is 0 Å². The third-order valence-electron chi connectivity index (χ3n) is 20.8. The van der Waals surface area contributed by atoms with Crippen molar-refractivity contribution in [2.45, 2.75) is 0 Å². The smallest absolute Gasteiger partial charge is 0.141 e. The lowest BCUT2D eigenvalue weighted by Gasteiger charge is -2.19. The Morgan fingerprint density at radius 3 is 0.510 bits per heavy atom. The zero-order valence-electron chi connectivity index (χ0n) is 53.8. The van der Waals surface area contributed by atoms with E-state index in [0.29, 0.717) is 0 Å². The Hall–Kier alpha value is -13.7. The van der Waals surface area contributed by atoms with Gasteiger partial charge in [-0.3, -0.25) is 36.5 Å². The van der Waals surface area contributed by atoms with Gasteiger partial charge < -0.3 is 0 Å². The molecule has 10 nitrogen and oxygen atoms in total. The second kappa shape index (κ2) is 20.9. The quantitative estimate of drug-likeness (QED) is 0.145. The molecule has 0 spiro atoms. The van der Waals surface area contributed by atoms with E-state index in [1.807, 2.05) is 0 Å². The summed E-state index contributed by atoms with van der Waals surface area (Å²) in [5.74, 6) is 3.01. The van der Waals surface area contributed by atoms with Crippen LogP contribution in [0.1, 0.15) is 0 Å². The van der Waals surface area contributed by atoms with Crippen LogP contribution < -0.4 is 0 Å². The number of nitrogens with zero attached hydrogens (tertiary/aromatic N) is 10. The lowest BCUT2D eigenvalue weighted by Crippen LogP contribution is -2.09. The molecule has 0 fully saturated rings. The van der Waals surface area contributed by atoms with Crippen LogP contribution in [0.4, 0.5) is 0 Å². The largest absolute Gasteiger partial charge is 0.295 e. The molecule has 22 aromatic rings. The second-order valence-corrected chi connectivity index (χ2v) is 26.1. The van der Waals surface area contributed by atoms with E-state index in [1.165, 1.54) is 0 Å². The summed E-state index contributed by atoms with van der Waals surface area (Å²) in [6.45, 7) is 0. The topological polar surface area (TPSA) is 65.2 Å². The van der Waals surface area contributed by atoms with Crippen LogP contribution in [0, 0.1) is 0 Å². The third-order valence-corrected chi connectivity index (χ3v) is 20.8. The van der Waals surface area contributed by atoms with E-state index in [1.54, 1.807) is 0 Å². The first-order valence-electron chi connectivity index (χ1n) is 34.1. The van der Waals surface area contributed by atoms with Crippen molar-refractivity contribution in [1.82, 2.24) is 46.5 Å². The fourth-order valence-corrected chi connectivity index (χ4v) is 16.9. The molecule has 0 aliphatic heterocycles. The lowest BCUT2D eigenvalue weighted by molar-refractivity contribution is 0.967. The van der Waals surface area contributed by atoms with Crippen LogP contribution in [-0.2, 0) is 0 Å². The molecule has 22 rings (SSSR count). The van der Waals surface area contributed by atoms with E-state index >= 15 is 0 Å². The summed E-state index contributed by atoms with van der Waals surface area (Å²) in [5.41, 5.74) is 18.8. The summed E-state index contributed by atoms with van der Waals surface area (Å²) < 4.78 is 19.4. The molecule has 0 aliphatic rings. The number of rotatable bonds is 9. The first-order valence-corrected chi connectivity index (χ1v) is 34.1. The Bertz CT molecular complexity index is 6280. The third kappa shape index (κ3) is 7.55. The average Bonchev–Trinajstić information content (AvgIpc) is 1.59. The van der Waals surface area contributed by atoms with Crippen molar-refractivity contribution in [3.63, 3.8) is 0 Å². The molecule has 10 heteroatoms. The molecule has 0 saturated heterocycles. The van der Waals surface area contributed by atoms with E-state index in [0.717, 1.165) is 189 Å². The maximum absolute atomic E-state index is 6.17. The van der Waals surface area contributed by atoms with Gasteiger partial charge in [-0.1, -0.05) is 218 Å². The van der Waals surface area contributed by atoms with E-state index in [4.69, 9.17) is 9.97 Å². The molecular formula is C90H56N10. The van der Waals surface area contributed by atoms with Gasteiger partial charge >= 0.3 is 0 Å². The highest BCUT2D eigenvalue weighted by Crippen LogP contribution is 2.48. The minimum atomic E-state index is 0.753. The second-order valence-electron chi connectivity index (χ2n) is 26.1. The predicted octanol–water partition coefficient (Wildman–Crippen LogP) is 22.3. The maximum atomic E-state index is 6.17. The fourth-order valence-electron chi connectivity index (χ4n) is 16.9. The van der Waals surface area contributed by atoms with Gasteiger partial charge in [0.05, 0.1) is 44.1 Å². The van der Waals surface area contributed by atoms with Crippen LogP contribution in [-0.4, -0.2) is 46.5 Å². The molecule has 0 unspecified atom stereocenters. The lowest BCUT2D eigenvalue weighted by atomic mass is 10.1. The van der Waals surface area contributed by atoms with Gasteiger partial charge in [0.2, 0.25) is 0 Å². The molecular weight excluding hydrogens is 1220 g/mol. The van der Waals surface area contributed by atoms with Crippen molar-refractivity contribution >= 4 is 131 Å². The van der Waals surface area contributed by atoms with Crippen molar-refractivity contribution in [2.24, 2.45) is 0 Å². The van der Waals surface area contributed by atoms with E-state index in [9.17, 15) is 0 Å². The summed E-state index contributed by atoms with van der Waals surface area (Å²) in [4.78, 5) is 12.3. The maximum Gasteiger partial charge on any atom is 0.141 e. The molecule has 100 heavy (non-hydrogen) atoms. The monoisotopic (exact) mass is 1280 g/mol. The number of benzene rings is 12. The standard InChI is InChI=1S/C90H56N10/c1-5-29-59(30-6-1)93-71-45-21-13-37-63(71)83-67-41-17-25-49-75(67)97(87(83)93)79-53-57(54-80(91-79)98-76-50-26-18-42-68(76)84-64-38-14-22-46-72(64)94(88(84)98)60-31-7-2-8-32-60)58-55-81(99-77-51-27-19-43-69(77)85-65-39-15-23-47-73(65)95(89(85)99)61-33-9-3-10-34-61)92-82(56-58)100-78-52-28-20-44-70(78)86-66-40-16-24-48-74(66)96(90(86)100)62-35-11-4-12-36-62/h1-56H. The Kier molecular flexibility index (Phi) is 11.4. The number of hydrogen-bond donors (Lipinski definition) is 0. The Morgan fingerprint density at radius 2 is 0.320 bits per heavy atom. The Balaban J connectivity index is 0.938. The van der Waals surface area contributed by atoms with Crippen LogP contribution >= 0.6 is 0 Å². The number of para-hydroxylation sites is 12. The number of aromatic nitrogens is 10. The molecule has 0 amide bonds. The van der Waals surface area contributed by atoms with Gasteiger partial charge in [-0.25, -0.2) is 9.97 Å². The highest BCUT2D eigenvalue weighted by atomic mass is 15.2. The first-order chi connectivity index (χ1) is 49.7. The average molecular weight is 1280 g/mol. The van der Waals surface area contributed by atoms with Gasteiger partial charge in [0.25, 0.3) is 0 Å². The van der Waals surface area contributed by atoms with Crippen LogP contribution in [0.25, 0.3) is 189 Å². The molecule has 10 heterocycles. The van der Waals surface area contributed by atoms with Crippen molar-refractivity contribution in [1.29, 1.82) is 0 Å². The summed E-state index contributed by atoms with van der Waals surface area (Å²) in [6.07, 6.45) is 0. The van der Waals surface area contributed by atoms with Gasteiger partial charge in [-0.2, -0.15) is 0 Å². The van der Waals surface area contributed by atoms with Gasteiger partial charge in [0.1, 0.15) is 45.9 Å². The summed E-state index contributed by atoms with van der Waals surface area (Å²) >= 11 is 0. The van der Waals surface area contributed by atoms with Gasteiger partial charge in [-0.05, 0) is 132 Å². The van der Waals surface area contributed by atoms with Gasteiger partial charge in [0.15, 0.2) is 0 Å². The summed E-state index contributed by atoms with van der Waals surface area (Å²) in [7, 11) is 0. The van der Waals surface area contributed by atoms with Gasteiger partial charge in [-0.15, -0.1) is 0 Å². The molecule has 0 aliphatic carbocycles. The number of pyridine rings is 2. The minimum absolute atomic E-state index is 0.753. The molecule has 0 saturated carbocycles. The minimum Gasteiger partial charge on any atom is -0.295 e. The molecule has 0 atom stereocenters. The van der Waals surface area contributed by atoms with Crippen molar-refractivity contribution in [3.05, 3.63) is 340 Å². The molecule has 0 bridgehead atoms. The highest BCUT2D eigenvalue weighted by molar-refractivity contribution is 6.26. The molecule has 0 N–H and O–H groups in total. The summed E-state index contributed by atoms with van der Waals surface area (Å²) in [5, 5.41) is 13.8. The Labute approximate surface area is 571 Å². The van der Waals surface area contributed by atoms with Crippen molar-refractivity contribution in [2.75, 3.05) is 0 Å². The summed E-state index contributed by atoms with van der Waals surface area (Å²) in [6, 6.07) is 123. The molecule has 0 radical (unpaired) electrons. The zero-order valence-corrected chi connectivity index (χ0v) is 53.8. The first kappa shape index (κ1) is 54.5. The van der Waals surface area contributed by atoms with Gasteiger partial charge in [0, 0.05) is 87.4 Å². The Morgan fingerprint density at radius 1 is 0.160 bits per heavy atom. The van der Waals surface area contributed by atoms with Crippen molar-refractivity contribution < 1.29 is 0 Å². The molecule has 10 aromatic heterocycles. The number of hydrogen-bond acceptors (Lipinski definition) is 2.